The Balaban J connectivity index is 1.86. The highest BCUT2D eigenvalue weighted by Gasteiger charge is 2.40. The van der Waals surface area contributed by atoms with Gasteiger partial charge in [-0.2, -0.15) is 0 Å². The molecule has 2 aliphatic rings. The molecule has 0 radical (unpaired) electrons. The summed E-state index contributed by atoms with van der Waals surface area (Å²) in [6, 6.07) is 4.27. The summed E-state index contributed by atoms with van der Waals surface area (Å²) in [6.07, 6.45) is 1.12. The lowest BCUT2D eigenvalue weighted by Gasteiger charge is -2.23. The number of aryl methyl sites for hydroxylation is 2. The molecule has 2 atom stereocenters. The highest BCUT2D eigenvalue weighted by Crippen LogP contribution is 2.28. The second-order valence-corrected chi connectivity index (χ2v) is 5.44. The lowest BCUT2D eigenvalue weighted by Crippen LogP contribution is -2.39. The lowest BCUT2D eigenvalue weighted by molar-refractivity contribution is 0.0730. The van der Waals surface area contributed by atoms with Crippen LogP contribution in [0.1, 0.15) is 28.2 Å². The van der Waals surface area contributed by atoms with Crippen LogP contribution in [0, 0.1) is 19.8 Å². The molecule has 2 fully saturated rings. The second kappa shape index (κ2) is 4.35. The minimum absolute atomic E-state index is 0.0954. The first-order valence-electron chi connectivity index (χ1n) is 6.62. The highest BCUT2D eigenvalue weighted by atomic mass is 16.2. The Bertz CT molecular complexity index is 466. The van der Waals surface area contributed by atoms with E-state index in [0.717, 1.165) is 37.3 Å². The number of rotatable bonds is 1. The van der Waals surface area contributed by atoms with E-state index in [9.17, 15) is 4.79 Å². The van der Waals surface area contributed by atoms with Crippen molar-refractivity contribution in [2.45, 2.75) is 26.3 Å². The molecule has 0 saturated carbocycles. The number of nitrogens with one attached hydrogen (secondary N) is 1. The maximum Gasteiger partial charge on any atom is 0.272 e. The molecule has 96 valence electrons. The molecule has 1 aromatic heterocycles. The van der Waals surface area contributed by atoms with E-state index < -0.39 is 0 Å². The van der Waals surface area contributed by atoms with Gasteiger partial charge in [0.25, 0.3) is 5.91 Å². The molecule has 2 aliphatic heterocycles. The Hall–Kier alpha value is -1.42. The van der Waals surface area contributed by atoms with Crippen LogP contribution in [0.3, 0.4) is 0 Å². The number of carbonyl (C=O) groups is 1. The molecule has 0 bridgehead atoms. The second-order valence-electron chi connectivity index (χ2n) is 5.44. The van der Waals surface area contributed by atoms with E-state index in [1.165, 1.54) is 0 Å². The first-order chi connectivity index (χ1) is 8.65. The molecular weight excluding hydrogens is 226 g/mol. The fraction of sp³-hybridized carbons (Fsp3) is 0.571. The largest absolute Gasteiger partial charge is 0.333 e. The fourth-order valence-electron chi connectivity index (χ4n) is 3.20. The number of carbonyl (C=O) groups excluding carboxylic acids is 1. The number of likely N-dealkylation sites (tertiary alicyclic amines) is 1. The fourth-order valence-corrected chi connectivity index (χ4v) is 3.20. The predicted octanol–water partition coefficient (Wildman–Crippen LogP) is 1.13. The van der Waals surface area contributed by atoms with Crippen LogP contribution in [-0.2, 0) is 0 Å². The van der Waals surface area contributed by atoms with Gasteiger partial charge in [-0.3, -0.25) is 4.79 Å². The maximum atomic E-state index is 12.5. The summed E-state index contributed by atoms with van der Waals surface area (Å²) in [6.45, 7) is 6.81. The molecule has 2 saturated heterocycles. The molecule has 4 nitrogen and oxygen atoms in total. The molecule has 0 unspecified atom stereocenters. The van der Waals surface area contributed by atoms with Gasteiger partial charge in [-0.1, -0.05) is 0 Å². The normalized spacial score (nSPS) is 26.4. The molecule has 18 heavy (non-hydrogen) atoms. The molecule has 1 aromatic rings. The van der Waals surface area contributed by atoms with Crippen molar-refractivity contribution in [1.82, 2.24) is 15.2 Å². The molecular formula is C14H19N3O. The lowest BCUT2D eigenvalue weighted by atomic mass is 10.1. The molecule has 4 heteroatoms. The van der Waals surface area contributed by atoms with Crippen molar-refractivity contribution in [1.29, 1.82) is 0 Å². The van der Waals surface area contributed by atoms with E-state index in [-0.39, 0.29) is 5.91 Å². The van der Waals surface area contributed by atoms with Gasteiger partial charge in [-0.15, -0.1) is 0 Å². The van der Waals surface area contributed by atoms with Crippen LogP contribution in [0.25, 0.3) is 0 Å². The van der Waals surface area contributed by atoms with Crippen LogP contribution in [0.5, 0.6) is 0 Å². The first kappa shape index (κ1) is 11.7. The van der Waals surface area contributed by atoms with Crippen molar-refractivity contribution < 1.29 is 4.79 Å². The van der Waals surface area contributed by atoms with E-state index in [4.69, 9.17) is 0 Å². The molecule has 3 heterocycles. The summed E-state index contributed by atoms with van der Waals surface area (Å²) >= 11 is 0. The topological polar surface area (TPSA) is 45.2 Å². The summed E-state index contributed by atoms with van der Waals surface area (Å²) < 4.78 is 0. The average molecular weight is 245 g/mol. The van der Waals surface area contributed by atoms with E-state index in [1.54, 1.807) is 0 Å². The van der Waals surface area contributed by atoms with Gasteiger partial charge in [0.2, 0.25) is 0 Å². The number of hydrogen-bond acceptors (Lipinski definition) is 3. The number of pyridine rings is 1. The van der Waals surface area contributed by atoms with Crippen LogP contribution in [-0.4, -0.2) is 41.5 Å². The van der Waals surface area contributed by atoms with E-state index >= 15 is 0 Å². The smallest absolute Gasteiger partial charge is 0.272 e. The predicted molar refractivity (Wildman–Crippen MR) is 69.5 cm³/mol. The van der Waals surface area contributed by atoms with Gasteiger partial charge in [0.1, 0.15) is 5.69 Å². The Kier molecular flexibility index (Phi) is 2.82. The monoisotopic (exact) mass is 245 g/mol. The third-order valence-corrected chi connectivity index (χ3v) is 4.02. The Morgan fingerprint density at radius 1 is 1.39 bits per heavy atom. The van der Waals surface area contributed by atoms with Gasteiger partial charge < -0.3 is 10.2 Å². The summed E-state index contributed by atoms with van der Waals surface area (Å²) in [4.78, 5) is 18.9. The van der Waals surface area contributed by atoms with Crippen molar-refractivity contribution in [3.63, 3.8) is 0 Å². The van der Waals surface area contributed by atoms with Crippen LogP contribution in [0.15, 0.2) is 12.1 Å². The van der Waals surface area contributed by atoms with Crippen molar-refractivity contribution in [3.8, 4) is 0 Å². The van der Waals surface area contributed by atoms with Crippen molar-refractivity contribution in [2.24, 2.45) is 5.92 Å². The van der Waals surface area contributed by atoms with Gasteiger partial charge in [0, 0.05) is 31.4 Å². The highest BCUT2D eigenvalue weighted by molar-refractivity contribution is 5.93. The molecule has 1 amide bonds. The van der Waals surface area contributed by atoms with Gasteiger partial charge in [-0.05, 0) is 43.9 Å². The van der Waals surface area contributed by atoms with E-state index in [1.807, 2.05) is 30.9 Å². The summed E-state index contributed by atoms with van der Waals surface area (Å²) in [5.74, 6) is 0.734. The van der Waals surface area contributed by atoms with Crippen molar-refractivity contribution in [3.05, 3.63) is 29.1 Å². The quantitative estimate of drug-likeness (QED) is 0.807. The SMILES string of the molecule is Cc1cc(C)nc(C(=O)N2CC[C@H]3CNC[C@H]32)c1. The minimum atomic E-state index is 0.0954. The first-order valence-corrected chi connectivity index (χ1v) is 6.62. The zero-order chi connectivity index (χ0) is 12.7. The number of aromatic nitrogens is 1. The Labute approximate surface area is 107 Å². The van der Waals surface area contributed by atoms with E-state index in [0.29, 0.717) is 17.7 Å². The minimum Gasteiger partial charge on any atom is -0.333 e. The molecule has 1 N–H and O–H groups in total. The third kappa shape index (κ3) is 1.90. The van der Waals surface area contributed by atoms with E-state index in [2.05, 4.69) is 10.3 Å². The molecule has 0 aromatic carbocycles. The maximum absolute atomic E-state index is 12.5. The average Bonchev–Trinajstić information content (AvgIpc) is 2.88. The number of fused-ring (bicyclic) bond motifs is 1. The number of amides is 1. The number of hydrogen-bond donors (Lipinski definition) is 1. The standard InChI is InChI=1S/C14H19N3O/c1-9-5-10(2)16-12(6-9)14(18)17-4-3-11-7-15-8-13(11)17/h5-6,11,13,15H,3-4,7-8H2,1-2H3/t11-,13+/m0/s1. The Morgan fingerprint density at radius 2 is 2.22 bits per heavy atom. The van der Waals surface area contributed by atoms with Crippen LogP contribution < -0.4 is 5.32 Å². The van der Waals surface area contributed by atoms with Crippen LogP contribution in [0.2, 0.25) is 0 Å². The van der Waals surface area contributed by atoms with Gasteiger partial charge in [-0.25, -0.2) is 4.98 Å². The van der Waals surface area contributed by atoms with Crippen molar-refractivity contribution >= 4 is 5.91 Å². The summed E-state index contributed by atoms with van der Waals surface area (Å²) in [5, 5.41) is 3.37. The number of nitrogens with zero attached hydrogens (tertiary/aromatic N) is 2. The van der Waals surface area contributed by atoms with Gasteiger partial charge in [0.05, 0.1) is 0 Å². The zero-order valence-corrected chi connectivity index (χ0v) is 10.9. The summed E-state index contributed by atoms with van der Waals surface area (Å²) in [7, 11) is 0. The van der Waals surface area contributed by atoms with Gasteiger partial charge >= 0.3 is 0 Å². The molecule has 0 aliphatic carbocycles. The molecule has 3 rings (SSSR count). The van der Waals surface area contributed by atoms with Crippen LogP contribution in [0.4, 0.5) is 0 Å². The third-order valence-electron chi connectivity index (χ3n) is 4.02. The molecule has 0 spiro atoms. The van der Waals surface area contributed by atoms with Crippen LogP contribution >= 0.6 is 0 Å². The summed E-state index contributed by atoms with van der Waals surface area (Å²) in [5.41, 5.74) is 2.62. The van der Waals surface area contributed by atoms with Gasteiger partial charge in [0.15, 0.2) is 0 Å². The Morgan fingerprint density at radius 3 is 3.00 bits per heavy atom. The zero-order valence-electron chi connectivity index (χ0n) is 10.9. The van der Waals surface area contributed by atoms with Crippen molar-refractivity contribution in [2.75, 3.05) is 19.6 Å².